The normalized spacial score (nSPS) is 13.3. The Labute approximate surface area is 306 Å². The Balaban J connectivity index is 3.51. The molecule has 0 spiro atoms. The van der Waals surface area contributed by atoms with Gasteiger partial charge in [-0.25, -0.2) is 0 Å². The smallest absolute Gasteiger partial charge is 0.220 e. The van der Waals surface area contributed by atoms with Crippen LogP contribution >= 0.6 is 0 Å². The molecule has 49 heavy (non-hydrogen) atoms. The second kappa shape index (κ2) is 41.0. The van der Waals surface area contributed by atoms with Crippen LogP contribution in [0.2, 0.25) is 0 Å². The summed E-state index contributed by atoms with van der Waals surface area (Å²) in [7, 11) is 0. The van der Waals surface area contributed by atoms with Crippen molar-refractivity contribution in [1.29, 1.82) is 0 Å². The molecule has 0 fully saturated rings. The molecule has 0 radical (unpaired) electrons. The van der Waals surface area contributed by atoms with E-state index in [0.717, 1.165) is 57.8 Å². The van der Waals surface area contributed by atoms with E-state index in [1.54, 1.807) is 0 Å². The second-order valence-electron chi connectivity index (χ2n) is 14.7. The highest BCUT2D eigenvalue weighted by Gasteiger charge is 2.19. The lowest BCUT2D eigenvalue weighted by atomic mass is 10.0. The predicted octanol–water partition coefficient (Wildman–Crippen LogP) is 13.4. The van der Waals surface area contributed by atoms with Crippen LogP contribution in [0, 0.1) is 0 Å². The average Bonchev–Trinajstić information content (AvgIpc) is 3.10. The average molecular weight is 688 g/mol. The van der Waals surface area contributed by atoms with Crippen LogP contribution in [-0.2, 0) is 4.79 Å². The molecule has 0 aromatic carbocycles. The molecule has 0 aliphatic carbocycles. The van der Waals surface area contributed by atoms with Gasteiger partial charge < -0.3 is 15.5 Å². The summed E-state index contributed by atoms with van der Waals surface area (Å²) < 4.78 is 0. The molecule has 0 aliphatic heterocycles. The number of hydrogen-bond donors (Lipinski definition) is 3. The lowest BCUT2D eigenvalue weighted by Crippen LogP contribution is -2.45. The molecule has 2 unspecified atom stereocenters. The molecular formula is C45H85NO3. The number of nitrogens with one attached hydrogen (secondary N) is 1. The fourth-order valence-corrected chi connectivity index (χ4v) is 6.61. The molecule has 0 saturated heterocycles. The van der Waals surface area contributed by atoms with Crippen LogP contribution in [0.1, 0.15) is 226 Å². The van der Waals surface area contributed by atoms with Crippen molar-refractivity contribution in [1.82, 2.24) is 5.32 Å². The summed E-state index contributed by atoms with van der Waals surface area (Å²) in [4.78, 5) is 12.4. The zero-order valence-corrected chi connectivity index (χ0v) is 33.0. The van der Waals surface area contributed by atoms with Crippen molar-refractivity contribution in [2.75, 3.05) is 6.61 Å². The van der Waals surface area contributed by atoms with Crippen LogP contribution in [-0.4, -0.2) is 34.9 Å². The van der Waals surface area contributed by atoms with E-state index >= 15 is 0 Å². The Hall–Kier alpha value is -1.39. The molecule has 0 aliphatic rings. The molecule has 3 N–H and O–H groups in total. The number of allylic oxidation sites excluding steroid dienone is 6. The first-order valence-electron chi connectivity index (χ1n) is 21.7. The molecular weight excluding hydrogens is 602 g/mol. The van der Waals surface area contributed by atoms with Crippen LogP contribution in [0.5, 0.6) is 0 Å². The van der Waals surface area contributed by atoms with Crippen molar-refractivity contribution in [2.45, 2.75) is 238 Å². The highest BCUT2D eigenvalue weighted by Crippen LogP contribution is 2.16. The van der Waals surface area contributed by atoms with Gasteiger partial charge in [-0.3, -0.25) is 4.79 Å². The minimum absolute atomic E-state index is 0.0478. The molecule has 4 heteroatoms. The lowest BCUT2D eigenvalue weighted by molar-refractivity contribution is -0.123. The van der Waals surface area contributed by atoms with Gasteiger partial charge in [0.05, 0.1) is 18.8 Å². The predicted molar refractivity (Wildman–Crippen MR) is 216 cm³/mol. The van der Waals surface area contributed by atoms with E-state index in [0.29, 0.717) is 12.8 Å². The molecule has 288 valence electrons. The van der Waals surface area contributed by atoms with Crippen LogP contribution in [0.4, 0.5) is 0 Å². The number of aliphatic hydroxyl groups is 2. The number of aliphatic hydroxyl groups excluding tert-OH is 2. The summed E-state index contributed by atoms with van der Waals surface area (Å²) in [5.74, 6) is -0.0478. The maximum Gasteiger partial charge on any atom is 0.220 e. The third kappa shape index (κ3) is 37.7. The van der Waals surface area contributed by atoms with Gasteiger partial charge in [0.25, 0.3) is 0 Å². The summed E-state index contributed by atoms with van der Waals surface area (Å²) in [5, 5.41) is 23.2. The molecule has 0 aromatic rings. The van der Waals surface area contributed by atoms with Gasteiger partial charge in [-0.1, -0.05) is 211 Å². The molecule has 0 aromatic heterocycles. The fourth-order valence-electron chi connectivity index (χ4n) is 6.61. The van der Waals surface area contributed by atoms with Crippen molar-refractivity contribution >= 4 is 5.91 Å². The maximum atomic E-state index is 12.4. The van der Waals surface area contributed by atoms with Gasteiger partial charge >= 0.3 is 0 Å². The van der Waals surface area contributed by atoms with Crippen LogP contribution in [0.3, 0.4) is 0 Å². The molecule has 0 heterocycles. The number of unbranched alkanes of at least 4 members (excludes halogenated alkanes) is 26. The van der Waals surface area contributed by atoms with E-state index in [1.807, 2.05) is 0 Å². The quantitative estimate of drug-likeness (QED) is 0.0445. The van der Waals surface area contributed by atoms with E-state index < -0.39 is 12.1 Å². The monoisotopic (exact) mass is 688 g/mol. The van der Waals surface area contributed by atoms with Gasteiger partial charge in [0, 0.05) is 6.42 Å². The Bertz CT molecular complexity index is 746. The lowest BCUT2D eigenvalue weighted by Gasteiger charge is -2.22. The first-order chi connectivity index (χ1) is 24.2. The van der Waals surface area contributed by atoms with Gasteiger partial charge in [0.15, 0.2) is 0 Å². The van der Waals surface area contributed by atoms with Gasteiger partial charge in [-0.05, 0) is 44.9 Å². The zero-order chi connectivity index (χ0) is 35.7. The highest BCUT2D eigenvalue weighted by molar-refractivity contribution is 5.76. The summed E-state index contributed by atoms with van der Waals surface area (Å²) >= 11 is 0. The Kier molecular flexibility index (Phi) is 39.9. The number of carbonyl (C=O) groups excluding carboxylic acids is 1. The number of carbonyl (C=O) groups is 1. The third-order valence-electron chi connectivity index (χ3n) is 9.92. The molecule has 0 rings (SSSR count). The van der Waals surface area contributed by atoms with Crippen molar-refractivity contribution in [3.8, 4) is 0 Å². The van der Waals surface area contributed by atoms with E-state index in [9.17, 15) is 15.0 Å². The van der Waals surface area contributed by atoms with Crippen LogP contribution in [0.25, 0.3) is 0 Å². The second-order valence-corrected chi connectivity index (χ2v) is 14.7. The molecule has 0 bridgehead atoms. The Morgan fingerprint density at radius 3 is 1.35 bits per heavy atom. The van der Waals surface area contributed by atoms with Gasteiger partial charge in [-0.15, -0.1) is 0 Å². The standard InChI is InChI=1S/C45H85NO3/c1-3-5-7-9-11-13-15-17-19-20-21-22-23-24-25-27-28-30-32-34-36-38-40-44(48)43(42-47)46-45(49)41-39-37-35-33-31-29-26-18-16-14-12-10-8-6-4-2/h6,8,12,14,18,26,43-44,47-48H,3-5,7,9-11,13,15-17,19-25,27-42H2,1-2H3,(H,46,49)/b8-6-,14-12-,26-18-. The molecule has 4 nitrogen and oxygen atoms in total. The Morgan fingerprint density at radius 1 is 0.510 bits per heavy atom. The van der Waals surface area contributed by atoms with E-state index in [4.69, 9.17) is 0 Å². The SMILES string of the molecule is CC/C=C\C/C=C\C/C=C\CCCCCCCC(=O)NC(CO)C(O)CCCCCCCCCCCCCCCCCCCCCCCC. The number of hydrogen-bond acceptors (Lipinski definition) is 3. The van der Waals surface area contributed by atoms with Crippen LogP contribution in [0.15, 0.2) is 36.5 Å². The molecule has 2 atom stereocenters. The maximum absolute atomic E-state index is 12.4. The largest absolute Gasteiger partial charge is 0.394 e. The van der Waals surface area contributed by atoms with Gasteiger partial charge in [0.1, 0.15) is 0 Å². The van der Waals surface area contributed by atoms with E-state index in [-0.39, 0.29) is 12.5 Å². The fraction of sp³-hybridized carbons (Fsp3) is 0.844. The molecule has 0 saturated carbocycles. The summed E-state index contributed by atoms with van der Waals surface area (Å²) in [6, 6.07) is -0.545. The van der Waals surface area contributed by atoms with Gasteiger partial charge in [0.2, 0.25) is 5.91 Å². The van der Waals surface area contributed by atoms with E-state index in [2.05, 4.69) is 55.6 Å². The van der Waals surface area contributed by atoms with Crippen molar-refractivity contribution in [2.24, 2.45) is 0 Å². The summed E-state index contributed by atoms with van der Waals surface area (Å²) in [6.45, 7) is 4.25. The van der Waals surface area contributed by atoms with E-state index in [1.165, 1.54) is 141 Å². The van der Waals surface area contributed by atoms with Crippen molar-refractivity contribution in [3.63, 3.8) is 0 Å². The third-order valence-corrected chi connectivity index (χ3v) is 9.92. The summed E-state index contributed by atoms with van der Waals surface area (Å²) in [6.07, 6.45) is 53.7. The zero-order valence-electron chi connectivity index (χ0n) is 33.0. The first kappa shape index (κ1) is 47.6. The summed E-state index contributed by atoms with van der Waals surface area (Å²) in [5.41, 5.74) is 0. The molecule has 1 amide bonds. The Morgan fingerprint density at radius 2 is 0.898 bits per heavy atom. The van der Waals surface area contributed by atoms with Crippen molar-refractivity contribution in [3.05, 3.63) is 36.5 Å². The van der Waals surface area contributed by atoms with Crippen molar-refractivity contribution < 1.29 is 15.0 Å². The minimum atomic E-state index is -0.666. The topological polar surface area (TPSA) is 69.6 Å². The van der Waals surface area contributed by atoms with Gasteiger partial charge in [-0.2, -0.15) is 0 Å². The highest BCUT2D eigenvalue weighted by atomic mass is 16.3. The minimum Gasteiger partial charge on any atom is -0.394 e. The van der Waals surface area contributed by atoms with Crippen LogP contribution < -0.4 is 5.32 Å². The number of rotatable bonds is 39. The first-order valence-corrected chi connectivity index (χ1v) is 21.7. The number of amides is 1.